The number of aryl methyl sites for hydroxylation is 1. The SMILES string of the molecule is CCOC(=O)C1=C(C)N(Cc2cccc(C(=O)NCCc3ccccn3)c2)C(=O)CC1c1ccc(C)cc1. The molecule has 4 rings (SSSR count). The van der Waals surface area contributed by atoms with Crippen molar-refractivity contribution in [1.82, 2.24) is 15.2 Å². The summed E-state index contributed by atoms with van der Waals surface area (Å²) >= 11 is 0. The maximum Gasteiger partial charge on any atom is 0.336 e. The summed E-state index contributed by atoms with van der Waals surface area (Å²) in [4.78, 5) is 45.0. The molecule has 0 spiro atoms. The van der Waals surface area contributed by atoms with Crippen LogP contribution in [0.2, 0.25) is 0 Å². The highest BCUT2D eigenvalue weighted by Crippen LogP contribution is 2.37. The van der Waals surface area contributed by atoms with Gasteiger partial charge in [-0.2, -0.15) is 0 Å². The van der Waals surface area contributed by atoms with Gasteiger partial charge in [-0.05, 0) is 56.2 Å². The van der Waals surface area contributed by atoms with Gasteiger partial charge >= 0.3 is 5.97 Å². The lowest BCUT2D eigenvalue weighted by molar-refractivity contribution is -0.140. The second-order valence-corrected chi connectivity index (χ2v) is 9.39. The van der Waals surface area contributed by atoms with Crippen molar-refractivity contribution >= 4 is 17.8 Å². The van der Waals surface area contributed by atoms with Crippen molar-refractivity contribution in [2.75, 3.05) is 13.2 Å². The molecule has 0 fully saturated rings. The van der Waals surface area contributed by atoms with E-state index in [4.69, 9.17) is 4.74 Å². The van der Waals surface area contributed by atoms with Crippen LogP contribution in [-0.2, 0) is 27.3 Å². The lowest BCUT2D eigenvalue weighted by Crippen LogP contribution is -2.38. The number of esters is 1. The predicted octanol–water partition coefficient (Wildman–Crippen LogP) is 4.72. The topological polar surface area (TPSA) is 88.6 Å². The van der Waals surface area contributed by atoms with E-state index in [0.717, 1.165) is 22.4 Å². The molecule has 2 aromatic carbocycles. The first kappa shape index (κ1) is 26.8. The van der Waals surface area contributed by atoms with Crippen LogP contribution in [0.15, 0.2) is 84.2 Å². The maximum atomic E-state index is 13.3. The Labute approximate surface area is 223 Å². The van der Waals surface area contributed by atoms with Crippen LogP contribution in [0.4, 0.5) is 0 Å². The standard InChI is InChI=1S/C31H33N3O4/c1-4-38-31(37)29-22(3)34(28(35)19-27(29)24-13-11-21(2)12-14-24)20-23-8-7-9-25(18-23)30(36)33-17-15-26-10-5-6-16-32-26/h5-14,16,18,27H,4,15,17,19-20H2,1-3H3,(H,33,36). The number of nitrogens with one attached hydrogen (secondary N) is 1. The second kappa shape index (κ2) is 12.3. The zero-order valence-electron chi connectivity index (χ0n) is 22.1. The minimum Gasteiger partial charge on any atom is -0.463 e. The summed E-state index contributed by atoms with van der Waals surface area (Å²) in [6, 6.07) is 20.8. The van der Waals surface area contributed by atoms with Gasteiger partial charge in [0.15, 0.2) is 0 Å². The molecule has 0 aliphatic carbocycles. The highest BCUT2D eigenvalue weighted by atomic mass is 16.5. The molecule has 3 aromatic rings. The Morgan fingerprint density at radius 1 is 1.05 bits per heavy atom. The fourth-order valence-corrected chi connectivity index (χ4v) is 4.71. The average molecular weight is 512 g/mol. The lowest BCUT2D eigenvalue weighted by atomic mass is 9.83. The van der Waals surface area contributed by atoms with Gasteiger partial charge in [-0.1, -0.05) is 48.0 Å². The minimum absolute atomic E-state index is 0.0775. The normalized spacial score (nSPS) is 15.4. The smallest absolute Gasteiger partial charge is 0.336 e. The summed E-state index contributed by atoms with van der Waals surface area (Å²) in [5.74, 6) is -1.04. The van der Waals surface area contributed by atoms with E-state index in [1.54, 1.807) is 43.1 Å². The molecule has 196 valence electrons. The monoisotopic (exact) mass is 511 g/mol. The van der Waals surface area contributed by atoms with Crippen LogP contribution < -0.4 is 5.32 Å². The number of ether oxygens (including phenoxy) is 1. The molecule has 1 aliphatic rings. The molecule has 2 amide bonds. The van der Waals surface area contributed by atoms with Gasteiger partial charge in [-0.3, -0.25) is 14.6 Å². The molecule has 0 saturated heterocycles. The molecule has 38 heavy (non-hydrogen) atoms. The van der Waals surface area contributed by atoms with E-state index in [9.17, 15) is 14.4 Å². The van der Waals surface area contributed by atoms with Gasteiger partial charge in [0, 0.05) is 48.5 Å². The Bertz CT molecular complexity index is 1330. The van der Waals surface area contributed by atoms with Gasteiger partial charge in [-0.25, -0.2) is 4.79 Å². The molecule has 2 heterocycles. The lowest BCUT2D eigenvalue weighted by Gasteiger charge is -2.34. The van der Waals surface area contributed by atoms with Crippen LogP contribution >= 0.6 is 0 Å². The number of allylic oxidation sites excluding steroid dienone is 1. The van der Waals surface area contributed by atoms with E-state index in [1.807, 2.05) is 55.5 Å². The van der Waals surface area contributed by atoms with Crippen molar-refractivity contribution in [3.63, 3.8) is 0 Å². The third kappa shape index (κ3) is 6.35. The molecule has 0 bridgehead atoms. The van der Waals surface area contributed by atoms with Gasteiger partial charge in [0.25, 0.3) is 5.91 Å². The van der Waals surface area contributed by atoms with Crippen molar-refractivity contribution in [2.45, 2.75) is 46.1 Å². The zero-order valence-corrected chi connectivity index (χ0v) is 22.1. The summed E-state index contributed by atoms with van der Waals surface area (Å²) in [7, 11) is 0. The van der Waals surface area contributed by atoms with E-state index in [1.165, 1.54) is 0 Å². The second-order valence-electron chi connectivity index (χ2n) is 9.39. The maximum absolute atomic E-state index is 13.3. The molecule has 1 atom stereocenters. The Balaban J connectivity index is 1.53. The molecule has 1 unspecified atom stereocenters. The fraction of sp³-hybridized carbons (Fsp3) is 0.290. The molecule has 1 aliphatic heterocycles. The van der Waals surface area contributed by atoms with Crippen molar-refractivity contribution in [3.05, 3.63) is 112 Å². The first-order valence-corrected chi connectivity index (χ1v) is 12.9. The summed E-state index contributed by atoms with van der Waals surface area (Å²) in [5.41, 5.74) is 5.32. The number of rotatable bonds is 9. The molecule has 7 nitrogen and oxygen atoms in total. The Kier molecular flexibility index (Phi) is 8.69. The van der Waals surface area contributed by atoms with Crippen molar-refractivity contribution in [1.29, 1.82) is 0 Å². The van der Waals surface area contributed by atoms with E-state index in [0.29, 0.717) is 29.8 Å². The van der Waals surface area contributed by atoms with E-state index >= 15 is 0 Å². The summed E-state index contributed by atoms with van der Waals surface area (Å²) in [5, 5.41) is 2.93. The fourth-order valence-electron chi connectivity index (χ4n) is 4.71. The first-order valence-electron chi connectivity index (χ1n) is 12.9. The van der Waals surface area contributed by atoms with E-state index in [-0.39, 0.29) is 37.3 Å². The summed E-state index contributed by atoms with van der Waals surface area (Å²) < 4.78 is 5.39. The number of benzene rings is 2. The number of carbonyl (C=O) groups is 3. The molecular formula is C31H33N3O4. The van der Waals surface area contributed by atoms with Crippen LogP contribution in [0.3, 0.4) is 0 Å². The molecule has 0 saturated carbocycles. The van der Waals surface area contributed by atoms with Crippen molar-refractivity contribution in [2.24, 2.45) is 0 Å². The van der Waals surface area contributed by atoms with E-state index < -0.39 is 5.97 Å². The number of hydrogen-bond donors (Lipinski definition) is 1. The minimum atomic E-state index is -0.408. The van der Waals surface area contributed by atoms with Crippen molar-refractivity contribution < 1.29 is 19.1 Å². The molecule has 1 N–H and O–H groups in total. The number of carbonyl (C=O) groups excluding carboxylic acids is 3. The van der Waals surface area contributed by atoms with Gasteiger partial charge in [0.2, 0.25) is 5.91 Å². The quantitative estimate of drug-likeness (QED) is 0.420. The van der Waals surface area contributed by atoms with Crippen molar-refractivity contribution in [3.8, 4) is 0 Å². The number of nitrogens with zero attached hydrogens (tertiary/aromatic N) is 2. The first-order chi connectivity index (χ1) is 18.4. The summed E-state index contributed by atoms with van der Waals surface area (Å²) in [6.45, 7) is 6.53. The van der Waals surface area contributed by atoms with Gasteiger partial charge in [0.05, 0.1) is 18.7 Å². The van der Waals surface area contributed by atoms with E-state index in [2.05, 4.69) is 10.3 Å². The molecule has 1 aromatic heterocycles. The third-order valence-electron chi connectivity index (χ3n) is 6.72. The zero-order chi connectivity index (χ0) is 27.1. The van der Waals surface area contributed by atoms with Crippen LogP contribution in [0, 0.1) is 6.92 Å². The number of amides is 2. The number of pyridine rings is 1. The predicted molar refractivity (Wildman–Crippen MR) is 145 cm³/mol. The van der Waals surface area contributed by atoms with Crippen LogP contribution in [0.1, 0.15) is 58.9 Å². The average Bonchev–Trinajstić information content (AvgIpc) is 2.92. The van der Waals surface area contributed by atoms with Crippen LogP contribution in [0.5, 0.6) is 0 Å². The Morgan fingerprint density at radius 3 is 2.55 bits per heavy atom. The third-order valence-corrected chi connectivity index (χ3v) is 6.72. The highest BCUT2D eigenvalue weighted by Gasteiger charge is 2.36. The van der Waals surface area contributed by atoms with Gasteiger partial charge < -0.3 is 15.0 Å². The van der Waals surface area contributed by atoms with Gasteiger partial charge in [0.1, 0.15) is 0 Å². The largest absolute Gasteiger partial charge is 0.463 e. The molecule has 0 radical (unpaired) electrons. The number of aromatic nitrogens is 1. The summed E-state index contributed by atoms with van der Waals surface area (Å²) in [6.07, 6.45) is 2.54. The number of hydrogen-bond acceptors (Lipinski definition) is 5. The highest BCUT2D eigenvalue weighted by molar-refractivity contribution is 5.96. The Hall–Kier alpha value is -4.26. The molecular weight excluding hydrogens is 478 g/mol. The van der Waals surface area contributed by atoms with Crippen LogP contribution in [0.25, 0.3) is 0 Å². The van der Waals surface area contributed by atoms with Crippen LogP contribution in [-0.4, -0.2) is 40.8 Å². The van der Waals surface area contributed by atoms with Gasteiger partial charge in [-0.15, -0.1) is 0 Å². The molecule has 7 heteroatoms. The Morgan fingerprint density at radius 2 is 1.84 bits per heavy atom.